The number of hydrogen-bond donors (Lipinski definition) is 2. The lowest BCUT2D eigenvalue weighted by Gasteiger charge is -2.17. The Morgan fingerprint density at radius 3 is 1.97 bits per heavy atom. The summed E-state index contributed by atoms with van der Waals surface area (Å²) in [7, 11) is 0. The van der Waals surface area contributed by atoms with E-state index in [0.717, 1.165) is 14.9 Å². The summed E-state index contributed by atoms with van der Waals surface area (Å²) >= 11 is 4.80. The number of halogens is 1. The number of rotatable bonds is 8. The standard InChI is InChI=1S/C27H20BrN3O4S/c28-20-8-10-21(11-9-20)30-27(33)25(18-4-2-1-3-5-18)36-24-16-12-22(13-17-24)29-26(32)19-6-14-23(15-7-19)31(34)35/h1-17,25H,(H,29,32)(H,30,33). The van der Waals surface area contributed by atoms with Crippen molar-refractivity contribution in [2.75, 3.05) is 10.6 Å². The van der Waals surface area contributed by atoms with Crippen LogP contribution in [0.2, 0.25) is 0 Å². The van der Waals surface area contributed by atoms with Gasteiger partial charge >= 0.3 is 0 Å². The lowest BCUT2D eigenvalue weighted by molar-refractivity contribution is -0.384. The van der Waals surface area contributed by atoms with Gasteiger partial charge in [0.05, 0.1) is 4.92 Å². The van der Waals surface area contributed by atoms with E-state index >= 15 is 0 Å². The van der Waals surface area contributed by atoms with Gasteiger partial charge in [0.2, 0.25) is 5.91 Å². The van der Waals surface area contributed by atoms with Crippen LogP contribution in [0.3, 0.4) is 0 Å². The van der Waals surface area contributed by atoms with Crippen LogP contribution in [0, 0.1) is 10.1 Å². The van der Waals surface area contributed by atoms with Crippen LogP contribution in [0.15, 0.2) is 112 Å². The first-order chi connectivity index (χ1) is 17.4. The number of anilines is 2. The minimum atomic E-state index is -0.514. The van der Waals surface area contributed by atoms with Gasteiger partial charge in [0.25, 0.3) is 11.6 Å². The molecule has 9 heteroatoms. The Balaban J connectivity index is 1.46. The van der Waals surface area contributed by atoms with Crippen molar-refractivity contribution in [2.45, 2.75) is 10.1 Å². The fourth-order valence-electron chi connectivity index (χ4n) is 3.33. The minimum Gasteiger partial charge on any atom is -0.325 e. The van der Waals surface area contributed by atoms with Crippen molar-refractivity contribution in [1.82, 2.24) is 0 Å². The monoisotopic (exact) mass is 561 g/mol. The zero-order valence-electron chi connectivity index (χ0n) is 18.8. The molecule has 0 heterocycles. The first-order valence-electron chi connectivity index (χ1n) is 10.8. The van der Waals surface area contributed by atoms with Crippen LogP contribution >= 0.6 is 27.7 Å². The van der Waals surface area contributed by atoms with Crippen LogP contribution in [0.4, 0.5) is 17.1 Å². The van der Waals surface area contributed by atoms with Gasteiger partial charge < -0.3 is 10.6 Å². The first kappa shape index (κ1) is 25.2. The Labute approximate surface area is 220 Å². The van der Waals surface area contributed by atoms with Gasteiger partial charge in [-0.1, -0.05) is 46.3 Å². The molecule has 180 valence electrons. The molecule has 0 spiro atoms. The van der Waals surface area contributed by atoms with E-state index in [9.17, 15) is 19.7 Å². The van der Waals surface area contributed by atoms with Crippen molar-refractivity contribution in [2.24, 2.45) is 0 Å². The molecule has 4 aromatic rings. The predicted octanol–water partition coefficient (Wildman–Crippen LogP) is 7.08. The summed E-state index contributed by atoms with van der Waals surface area (Å²) < 4.78 is 0.926. The quantitative estimate of drug-likeness (QED) is 0.136. The SMILES string of the molecule is O=C(Nc1ccc(SC(C(=O)Nc2ccc(Br)cc2)c2ccccc2)cc1)c1ccc([N+](=O)[O-])cc1. The third-order valence-corrected chi connectivity index (χ3v) is 6.95. The molecule has 0 fully saturated rings. The molecule has 0 aliphatic heterocycles. The molecule has 0 bridgehead atoms. The maximum Gasteiger partial charge on any atom is 0.269 e. The number of nitro groups is 1. The number of benzene rings is 4. The molecule has 0 aromatic heterocycles. The van der Waals surface area contributed by atoms with Crippen LogP contribution < -0.4 is 10.6 Å². The van der Waals surface area contributed by atoms with Gasteiger partial charge in [-0.2, -0.15) is 0 Å². The summed E-state index contributed by atoms with van der Waals surface area (Å²) in [6.45, 7) is 0. The van der Waals surface area contributed by atoms with Crippen molar-refractivity contribution in [3.05, 3.63) is 129 Å². The molecule has 1 atom stereocenters. The largest absolute Gasteiger partial charge is 0.325 e. The molecule has 0 saturated carbocycles. The average molecular weight is 562 g/mol. The van der Waals surface area contributed by atoms with Crippen LogP contribution in [-0.4, -0.2) is 16.7 Å². The molecule has 1 unspecified atom stereocenters. The fraction of sp³-hybridized carbons (Fsp3) is 0.0370. The number of non-ortho nitro benzene ring substituents is 1. The molecule has 4 aromatic carbocycles. The van der Waals surface area contributed by atoms with Crippen molar-refractivity contribution >= 4 is 56.6 Å². The van der Waals surface area contributed by atoms with Crippen LogP contribution in [0.5, 0.6) is 0 Å². The van der Waals surface area contributed by atoms with E-state index in [-0.39, 0.29) is 17.5 Å². The van der Waals surface area contributed by atoms with E-state index < -0.39 is 10.2 Å². The average Bonchev–Trinajstić information content (AvgIpc) is 2.90. The van der Waals surface area contributed by atoms with Gasteiger partial charge in [0.15, 0.2) is 0 Å². The van der Waals surface area contributed by atoms with Gasteiger partial charge in [0, 0.05) is 38.4 Å². The van der Waals surface area contributed by atoms with Crippen molar-refractivity contribution < 1.29 is 14.5 Å². The second-order valence-electron chi connectivity index (χ2n) is 7.69. The van der Waals surface area contributed by atoms with Crippen LogP contribution in [0.1, 0.15) is 21.2 Å². The molecule has 36 heavy (non-hydrogen) atoms. The first-order valence-corrected chi connectivity index (χ1v) is 12.5. The third kappa shape index (κ3) is 6.59. The highest BCUT2D eigenvalue weighted by atomic mass is 79.9. The summed E-state index contributed by atoms with van der Waals surface area (Å²) in [5, 5.41) is 16.1. The minimum absolute atomic E-state index is 0.0786. The molecular weight excluding hydrogens is 542 g/mol. The lowest BCUT2D eigenvalue weighted by atomic mass is 10.1. The number of thioether (sulfide) groups is 1. The van der Waals surface area contributed by atoms with Gasteiger partial charge in [-0.15, -0.1) is 11.8 Å². The Morgan fingerprint density at radius 1 is 0.778 bits per heavy atom. The summed E-state index contributed by atoms with van der Waals surface area (Å²) in [6, 6.07) is 29.5. The van der Waals surface area contributed by atoms with Gasteiger partial charge in [-0.25, -0.2) is 0 Å². The zero-order chi connectivity index (χ0) is 25.5. The van der Waals surface area contributed by atoms with Crippen LogP contribution in [0.25, 0.3) is 0 Å². The van der Waals surface area contributed by atoms with E-state index in [1.165, 1.54) is 36.0 Å². The summed E-state index contributed by atoms with van der Waals surface area (Å²) in [5.74, 6) is -0.523. The Morgan fingerprint density at radius 2 is 1.36 bits per heavy atom. The number of nitrogens with one attached hydrogen (secondary N) is 2. The highest BCUT2D eigenvalue weighted by Gasteiger charge is 2.22. The molecule has 2 N–H and O–H groups in total. The fourth-order valence-corrected chi connectivity index (χ4v) is 4.62. The van der Waals surface area contributed by atoms with E-state index in [2.05, 4.69) is 26.6 Å². The van der Waals surface area contributed by atoms with E-state index in [4.69, 9.17) is 0 Å². The summed E-state index contributed by atoms with van der Waals surface area (Å²) in [6.07, 6.45) is 0. The van der Waals surface area contributed by atoms with Crippen LogP contribution in [-0.2, 0) is 4.79 Å². The number of amides is 2. The molecule has 0 aliphatic rings. The Kier molecular flexibility index (Phi) is 8.14. The van der Waals surface area contributed by atoms with E-state index in [1.54, 1.807) is 12.1 Å². The van der Waals surface area contributed by atoms with Gasteiger partial charge in [-0.3, -0.25) is 19.7 Å². The smallest absolute Gasteiger partial charge is 0.269 e. The number of hydrogen-bond acceptors (Lipinski definition) is 5. The summed E-state index contributed by atoms with van der Waals surface area (Å²) in [4.78, 5) is 36.8. The van der Waals surface area contributed by atoms with Crippen molar-refractivity contribution in [1.29, 1.82) is 0 Å². The number of nitro benzene ring substituents is 1. The molecule has 0 aliphatic carbocycles. The van der Waals surface area contributed by atoms with Gasteiger partial charge in [0.1, 0.15) is 5.25 Å². The zero-order valence-corrected chi connectivity index (χ0v) is 21.2. The van der Waals surface area contributed by atoms with Crippen molar-refractivity contribution in [3.63, 3.8) is 0 Å². The molecule has 0 saturated heterocycles. The molecule has 2 amide bonds. The second kappa shape index (κ2) is 11.7. The van der Waals surface area contributed by atoms with Crippen molar-refractivity contribution in [3.8, 4) is 0 Å². The third-order valence-electron chi connectivity index (χ3n) is 5.16. The highest BCUT2D eigenvalue weighted by Crippen LogP contribution is 2.37. The molecular formula is C27H20BrN3O4S. The molecule has 7 nitrogen and oxygen atoms in total. The normalized spacial score (nSPS) is 11.4. The topological polar surface area (TPSA) is 101 Å². The van der Waals surface area contributed by atoms with E-state index in [0.29, 0.717) is 16.9 Å². The Bertz CT molecular complexity index is 1360. The second-order valence-corrected chi connectivity index (χ2v) is 9.78. The maximum atomic E-state index is 13.2. The number of carbonyl (C=O) groups excluding carboxylic acids is 2. The summed E-state index contributed by atoms with van der Waals surface area (Å²) in [5.41, 5.74) is 2.37. The molecule has 0 radical (unpaired) electrons. The molecule has 4 rings (SSSR count). The Hall–Kier alpha value is -3.95. The maximum absolute atomic E-state index is 13.2. The number of nitrogens with zero attached hydrogens (tertiary/aromatic N) is 1. The van der Waals surface area contributed by atoms with E-state index in [1.807, 2.05) is 66.7 Å². The number of carbonyl (C=O) groups is 2. The predicted molar refractivity (Wildman–Crippen MR) is 145 cm³/mol. The highest BCUT2D eigenvalue weighted by molar-refractivity contribution is 9.10. The lowest BCUT2D eigenvalue weighted by Crippen LogP contribution is -2.19. The van der Waals surface area contributed by atoms with Gasteiger partial charge in [-0.05, 0) is 66.2 Å².